The summed E-state index contributed by atoms with van der Waals surface area (Å²) >= 11 is 12.0. The molecule has 0 bridgehead atoms. The van der Waals surface area contributed by atoms with Crippen LogP contribution in [0.1, 0.15) is 21.9 Å². The van der Waals surface area contributed by atoms with Crippen molar-refractivity contribution in [3.63, 3.8) is 0 Å². The second-order valence-electron chi connectivity index (χ2n) is 5.57. The van der Waals surface area contributed by atoms with Crippen molar-refractivity contribution in [1.82, 2.24) is 0 Å². The number of ether oxygens (including phenoxy) is 2. The summed E-state index contributed by atoms with van der Waals surface area (Å²) in [5, 5.41) is 0.781. The number of hydrogen-bond acceptors (Lipinski definition) is 4. The number of benzene rings is 2. The van der Waals surface area contributed by atoms with E-state index in [-0.39, 0.29) is 12.4 Å². The minimum Gasteiger partial charge on any atom is -0.497 e. The first-order chi connectivity index (χ1) is 13.1. The van der Waals surface area contributed by atoms with Gasteiger partial charge in [-0.05, 0) is 48.6 Å². The predicted octanol–water partition coefficient (Wildman–Crippen LogP) is 6.07. The van der Waals surface area contributed by atoms with Crippen LogP contribution < -0.4 is 9.47 Å². The molecule has 0 aliphatic rings. The van der Waals surface area contributed by atoms with Crippen molar-refractivity contribution < 1.29 is 18.7 Å². The lowest BCUT2D eigenvalue weighted by Gasteiger charge is -2.06. The van der Waals surface area contributed by atoms with Crippen LogP contribution in [0.4, 0.5) is 0 Å². The molecule has 0 fully saturated rings. The normalized spacial score (nSPS) is 10.9. The maximum absolute atomic E-state index is 12.2. The number of hydrogen-bond donors (Lipinski definition) is 0. The average Bonchev–Trinajstić information content (AvgIpc) is 3.15. The number of furan rings is 1. The SMILES string of the molecule is COc1cccc(C(=O)/C=C/c2ccc(COc3cccc(Cl)c3Cl)o2)c1. The molecule has 0 spiro atoms. The molecule has 0 saturated heterocycles. The molecule has 0 atom stereocenters. The lowest BCUT2D eigenvalue weighted by molar-refractivity contribution is 0.104. The fourth-order valence-electron chi connectivity index (χ4n) is 2.34. The van der Waals surface area contributed by atoms with E-state index in [0.29, 0.717) is 38.6 Å². The van der Waals surface area contributed by atoms with Crippen LogP contribution in [0.25, 0.3) is 6.08 Å². The second-order valence-corrected chi connectivity index (χ2v) is 6.36. The molecule has 0 aliphatic heterocycles. The summed E-state index contributed by atoms with van der Waals surface area (Å²) in [5.74, 6) is 2.10. The highest BCUT2D eigenvalue weighted by molar-refractivity contribution is 6.42. The molecular formula is C21H16Cl2O4. The maximum Gasteiger partial charge on any atom is 0.186 e. The average molecular weight is 403 g/mol. The van der Waals surface area contributed by atoms with E-state index >= 15 is 0 Å². The Kier molecular flexibility index (Phi) is 6.22. The molecule has 2 aromatic carbocycles. The monoisotopic (exact) mass is 402 g/mol. The van der Waals surface area contributed by atoms with Gasteiger partial charge in [-0.3, -0.25) is 4.79 Å². The lowest BCUT2D eigenvalue weighted by atomic mass is 10.1. The highest BCUT2D eigenvalue weighted by Gasteiger charge is 2.08. The number of rotatable bonds is 7. The van der Waals surface area contributed by atoms with Gasteiger partial charge >= 0.3 is 0 Å². The molecule has 3 rings (SSSR count). The first-order valence-electron chi connectivity index (χ1n) is 8.09. The van der Waals surface area contributed by atoms with Crippen molar-refractivity contribution in [2.75, 3.05) is 7.11 Å². The van der Waals surface area contributed by atoms with E-state index in [0.717, 1.165) is 0 Å². The van der Waals surface area contributed by atoms with Crippen LogP contribution >= 0.6 is 23.2 Å². The Morgan fingerprint density at radius 3 is 2.74 bits per heavy atom. The first kappa shape index (κ1) is 19.1. The summed E-state index contributed by atoms with van der Waals surface area (Å²) in [5.41, 5.74) is 0.538. The van der Waals surface area contributed by atoms with Gasteiger partial charge in [0, 0.05) is 5.56 Å². The second kappa shape index (κ2) is 8.80. The van der Waals surface area contributed by atoms with Crippen LogP contribution in [0.15, 0.2) is 65.1 Å². The van der Waals surface area contributed by atoms with E-state index in [9.17, 15) is 4.79 Å². The van der Waals surface area contributed by atoms with Gasteiger partial charge in [0.05, 0.1) is 12.1 Å². The van der Waals surface area contributed by atoms with Crippen LogP contribution in [0.5, 0.6) is 11.5 Å². The van der Waals surface area contributed by atoms with Crippen molar-refractivity contribution >= 4 is 35.1 Å². The van der Waals surface area contributed by atoms with Gasteiger partial charge in [-0.25, -0.2) is 0 Å². The third-order valence-corrected chi connectivity index (χ3v) is 4.52. The number of carbonyl (C=O) groups excluding carboxylic acids is 1. The topological polar surface area (TPSA) is 48.7 Å². The van der Waals surface area contributed by atoms with Crippen LogP contribution in [0.2, 0.25) is 10.0 Å². The summed E-state index contributed by atoms with van der Waals surface area (Å²) in [6.45, 7) is 0.192. The molecular weight excluding hydrogens is 387 g/mol. The first-order valence-corrected chi connectivity index (χ1v) is 8.84. The number of ketones is 1. The van der Waals surface area contributed by atoms with Gasteiger partial charge in [0.15, 0.2) is 5.78 Å². The van der Waals surface area contributed by atoms with Gasteiger partial charge in [-0.15, -0.1) is 0 Å². The smallest absolute Gasteiger partial charge is 0.186 e. The molecule has 138 valence electrons. The van der Waals surface area contributed by atoms with Crippen molar-refractivity contribution in [2.45, 2.75) is 6.61 Å². The third-order valence-electron chi connectivity index (χ3n) is 3.72. The zero-order chi connectivity index (χ0) is 19.2. The molecule has 0 unspecified atom stereocenters. The van der Waals surface area contributed by atoms with E-state index in [4.69, 9.17) is 37.1 Å². The Hall–Kier alpha value is -2.69. The zero-order valence-corrected chi connectivity index (χ0v) is 16.0. The predicted molar refractivity (Wildman–Crippen MR) is 106 cm³/mol. The third kappa shape index (κ3) is 4.94. The highest BCUT2D eigenvalue weighted by Crippen LogP contribution is 2.32. The quantitative estimate of drug-likeness (QED) is 0.355. The van der Waals surface area contributed by atoms with Crippen molar-refractivity contribution in [3.05, 3.63) is 87.8 Å². The fourth-order valence-corrected chi connectivity index (χ4v) is 2.68. The highest BCUT2D eigenvalue weighted by atomic mass is 35.5. The summed E-state index contributed by atoms with van der Waals surface area (Å²) in [7, 11) is 1.56. The number of halogens is 2. The standard InChI is InChI=1S/C21H16Cl2O4/c1-25-16-5-2-4-14(12-16)19(24)11-10-15-8-9-17(27-15)13-26-20-7-3-6-18(22)21(20)23/h2-12H,13H2,1H3/b11-10+. The molecule has 6 heteroatoms. The van der Waals surface area contributed by atoms with Crippen LogP contribution in [0.3, 0.4) is 0 Å². The van der Waals surface area contributed by atoms with E-state index in [1.165, 1.54) is 6.08 Å². The van der Waals surface area contributed by atoms with Gasteiger partial charge in [0.2, 0.25) is 0 Å². The molecule has 0 aliphatic carbocycles. The summed E-state index contributed by atoms with van der Waals surface area (Å²) in [6, 6.07) is 15.7. The molecule has 1 aromatic heterocycles. The Morgan fingerprint density at radius 1 is 1.11 bits per heavy atom. The summed E-state index contributed by atoms with van der Waals surface area (Å²) in [4.78, 5) is 12.2. The number of carbonyl (C=O) groups is 1. The molecule has 27 heavy (non-hydrogen) atoms. The largest absolute Gasteiger partial charge is 0.497 e. The van der Waals surface area contributed by atoms with Gasteiger partial charge in [-0.2, -0.15) is 0 Å². The lowest BCUT2D eigenvalue weighted by Crippen LogP contribution is -1.95. The van der Waals surface area contributed by atoms with Gasteiger partial charge < -0.3 is 13.9 Å². The Bertz CT molecular complexity index is 976. The van der Waals surface area contributed by atoms with E-state index in [1.54, 1.807) is 67.8 Å². The Labute approximate surface area is 166 Å². The fraction of sp³-hybridized carbons (Fsp3) is 0.0952. The molecule has 3 aromatic rings. The van der Waals surface area contributed by atoms with Crippen LogP contribution in [-0.4, -0.2) is 12.9 Å². The molecule has 0 radical (unpaired) electrons. The Morgan fingerprint density at radius 2 is 1.93 bits per heavy atom. The molecule has 0 N–H and O–H groups in total. The Balaban J connectivity index is 1.62. The van der Waals surface area contributed by atoms with Crippen molar-refractivity contribution in [3.8, 4) is 11.5 Å². The van der Waals surface area contributed by atoms with Gasteiger partial charge in [0.25, 0.3) is 0 Å². The minimum atomic E-state index is -0.145. The molecule has 4 nitrogen and oxygen atoms in total. The van der Waals surface area contributed by atoms with Crippen molar-refractivity contribution in [1.29, 1.82) is 0 Å². The molecule has 0 saturated carbocycles. The van der Waals surface area contributed by atoms with Crippen LogP contribution in [-0.2, 0) is 6.61 Å². The minimum absolute atomic E-state index is 0.145. The van der Waals surface area contributed by atoms with E-state index < -0.39 is 0 Å². The summed E-state index contributed by atoms with van der Waals surface area (Å²) in [6.07, 6.45) is 3.06. The van der Waals surface area contributed by atoms with Crippen LogP contribution in [0, 0.1) is 0 Å². The number of allylic oxidation sites excluding steroid dienone is 1. The van der Waals surface area contributed by atoms with E-state index in [2.05, 4.69) is 0 Å². The summed E-state index contributed by atoms with van der Waals surface area (Å²) < 4.78 is 16.4. The molecule has 1 heterocycles. The van der Waals surface area contributed by atoms with Gasteiger partial charge in [-0.1, -0.05) is 41.4 Å². The maximum atomic E-state index is 12.2. The molecule has 0 amide bonds. The van der Waals surface area contributed by atoms with Gasteiger partial charge in [0.1, 0.15) is 34.6 Å². The zero-order valence-electron chi connectivity index (χ0n) is 14.4. The van der Waals surface area contributed by atoms with Crippen molar-refractivity contribution in [2.24, 2.45) is 0 Å². The van der Waals surface area contributed by atoms with E-state index in [1.807, 2.05) is 0 Å². The number of methoxy groups -OCH3 is 1.